The fourth-order valence-electron chi connectivity index (χ4n) is 1.43. The van der Waals surface area contributed by atoms with Gasteiger partial charge in [-0.25, -0.2) is 8.42 Å². The molecule has 7 nitrogen and oxygen atoms in total. The van der Waals surface area contributed by atoms with Gasteiger partial charge in [-0.05, 0) is 18.6 Å². The lowest BCUT2D eigenvalue weighted by Gasteiger charge is -2.05. The van der Waals surface area contributed by atoms with E-state index in [1.54, 1.807) is 0 Å². The molecule has 0 bridgehead atoms. The molecular formula is C11H13ClN2O5S. The molecule has 0 radical (unpaired) electrons. The molecule has 0 aliphatic carbocycles. The van der Waals surface area contributed by atoms with Crippen LogP contribution in [-0.4, -0.2) is 37.8 Å². The van der Waals surface area contributed by atoms with Crippen LogP contribution in [0.15, 0.2) is 18.2 Å². The van der Waals surface area contributed by atoms with Crippen molar-refractivity contribution in [3.8, 4) is 0 Å². The van der Waals surface area contributed by atoms with E-state index in [4.69, 9.17) is 11.6 Å². The van der Waals surface area contributed by atoms with Crippen molar-refractivity contribution in [2.45, 2.75) is 6.42 Å². The number of carbonyl (C=O) groups excluding carboxylic acids is 1. The van der Waals surface area contributed by atoms with Gasteiger partial charge in [-0.1, -0.05) is 11.6 Å². The van der Waals surface area contributed by atoms with Gasteiger partial charge in [-0.2, -0.15) is 0 Å². The zero-order valence-electron chi connectivity index (χ0n) is 10.6. The smallest absolute Gasteiger partial charge is 0.287 e. The Hall–Kier alpha value is -1.67. The van der Waals surface area contributed by atoms with Gasteiger partial charge < -0.3 is 5.32 Å². The largest absolute Gasteiger partial charge is 0.352 e. The van der Waals surface area contributed by atoms with Gasteiger partial charge in [0.1, 0.15) is 14.9 Å². The maximum absolute atomic E-state index is 11.7. The first kappa shape index (κ1) is 16.4. The second kappa shape index (κ2) is 6.67. The number of nitro benzene ring substituents is 1. The van der Waals surface area contributed by atoms with Crippen molar-refractivity contribution in [2.24, 2.45) is 0 Å². The third-order valence-electron chi connectivity index (χ3n) is 2.38. The van der Waals surface area contributed by atoms with E-state index in [0.717, 1.165) is 12.3 Å². The average molecular weight is 321 g/mol. The van der Waals surface area contributed by atoms with Crippen LogP contribution in [0.2, 0.25) is 5.02 Å². The first-order chi connectivity index (χ1) is 9.20. The Kier molecular flexibility index (Phi) is 5.46. The van der Waals surface area contributed by atoms with Crippen molar-refractivity contribution in [1.82, 2.24) is 5.32 Å². The second-order valence-electron chi connectivity index (χ2n) is 4.16. The molecular weight excluding hydrogens is 308 g/mol. The van der Waals surface area contributed by atoms with E-state index in [0.29, 0.717) is 6.42 Å². The van der Waals surface area contributed by atoms with Crippen LogP contribution in [0.1, 0.15) is 16.8 Å². The van der Waals surface area contributed by atoms with E-state index in [2.05, 4.69) is 5.32 Å². The zero-order chi connectivity index (χ0) is 15.3. The predicted octanol–water partition coefficient (Wildman–Crippen LogP) is 1.41. The van der Waals surface area contributed by atoms with Gasteiger partial charge in [0.05, 0.1) is 10.7 Å². The number of rotatable bonds is 6. The molecule has 0 aliphatic rings. The van der Waals surface area contributed by atoms with E-state index in [-0.39, 0.29) is 28.6 Å². The Labute approximate surface area is 121 Å². The Balaban J connectivity index is 2.60. The number of nitrogens with one attached hydrogen (secondary N) is 1. The van der Waals surface area contributed by atoms with Crippen LogP contribution in [0.4, 0.5) is 5.69 Å². The van der Waals surface area contributed by atoms with Crippen molar-refractivity contribution in [3.05, 3.63) is 38.9 Å². The number of nitro groups is 1. The summed E-state index contributed by atoms with van der Waals surface area (Å²) >= 11 is 5.69. The summed E-state index contributed by atoms with van der Waals surface area (Å²) in [5, 5.41) is 13.0. The molecule has 1 amide bonds. The topological polar surface area (TPSA) is 106 Å². The molecule has 0 spiro atoms. The van der Waals surface area contributed by atoms with Crippen LogP contribution in [0.5, 0.6) is 0 Å². The number of hydrogen-bond donors (Lipinski definition) is 1. The number of carbonyl (C=O) groups is 1. The molecule has 0 atom stereocenters. The summed E-state index contributed by atoms with van der Waals surface area (Å²) in [6, 6.07) is 3.63. The minimum Gasteiger partial charge on any atom is -0.352 e. The highest BCUT2D eigenvalue weighted by Crippen LogP contribution is 2.24. The van der Waals surface area contributed by atoms with Crippen LogP contribution >= 0.6 is 11.6 Å². The van der Waals surface area contributed by atoms with Crippen molar-refractivity contribution in [3.63, 3.8) is 0 Å². The fourth-order valence-corrected chi connectivity index (χ4v) is 2.35. The lowest BCUT2D eigenvalue weighted by atomic mass is 10.2. The molecule has 0 aliphatic heterocycles. The number of sulfone groups is 1. The van der Waals surface area contributed by atoms with E-state index in [1.165, 1.54) is 12.1 Å². The minimum absolute atomic E-state index is 0.0195. The maximum atomic E-state index is 11.7. The minimum atomic E-state index is -3.06. The van der Waals surface area contributed by atoms with Crippen LogP contribution in [0.25, 0.3) is 0 Å². The monoisotopic (exact) mass is 320 g/mol. The third kappa shape index (κ3) is 5.14. The molecule has 1 aromatic rings. The van der Waals surface area contributed by atoms with Crippen LogP contribution in [0.3, 0.4) is 0 Å². The molecule has 0 saturated carbocycles. The van der Waals surface area contributed by atoms with E-state index >= 15 is 0 Å². The maximum Gasteiger partial charge on any atom is 0.287 e. The van der Waals surface area contributed by atoms with Gasteiger partial charge in [0.25, 0.3) is 11.6 Å². The highest BCUT2D eigenvalue weighted by Gasteiger charge is 2.15. The Morgan fingerprint density at radius 3 is 2.60 bits per heavy atom. The lowest BCUT2D eigenvalue weighted by molar-refractivity contribution is -0.384. The molecule has 110 valence electrons. The zero-order valence-corrected chi connectivity index (χ0v) is 12.2. The van der Waals surface area contributed by atoms with Gasteiger partial charge in [0.15, 0.2) is 0 Å². The molecule has 9 heteroatoms. The van der Waals surface area contributed by atoms with E-state index < -0.39 is 20.7 Å². The first-order valence-electron chi connectivity index (χ1n) is 5.60. The molecule has 0 fully saturated rings. The van der Waals surface area contributed by atoms with Gasteiger partial charge in [0, 0.05) is 24.4 Å². The molecule has 0 unspecified atom stereocenters. The molecule has 0 saturated heterocycles. The van der Waals surface area contributed by atoms with E-state index in [9.17, 15) is 23.3 Å². The van der Waals surface area contributed by atoms with Crippen LogP contribution < -0.4 is 5.32 Å². The van der Waals surface area contributed by atoms with Crippen molar-refractivity contribution in [1.29, 1.82) is 0 Å². The number of halogens is 1. The van der Waals surface area contributed by atoms with Crippen molar-refractivity contribution in [2.75, 3.05) is 18.6 Å². The number of hydrogen-bond acceptors (Lipinski definition) is 5. The van der Waals surface area contributed by atoms with Gasteiger partial charge >= 0.3 is 0 Å². The molecule has 20 heavy (non-hydrogen) atoms. The summed E-state index contributed by atoms with van der Waals surface area (Å²) < 4.78 is 21.8. The summed E-state index contributed by atoms with van der Waals surface area (Å²) in [6.07, 6.45) is 1.41. The molecule has 1 N–H and O–H groups in total. The Morgan fingerprint density at radius 2 is 2.10 bits per heavy atom. The normalized spacial score (nSPS) is 11.1. The molecule has 0 aromatic heterocycles. The highest BCUT2D eigenvalue weighted by molar-refractivity contribution is 7.90. The molecule has 0 heterocycles. The third-order valence-corrected chi connectivity index (χ3v) is 3.72. The van der Waals surface area contributed by atoms with E-state index in [1.807, 2.05) is 0 Å². The van der Waals surface area contributed by atoms with Crippen LogP contribution in [-0.2, 0) is 9.84 Å². The summed E-state index contributed by atoms with van der Waals surface area (Å²) in [5.74, 6) is -0.482. The van der Waals surface area contributed by atoms with Gasteiger partial charge in [-0.3, -0.25) is 14.9 Å². The molecule has 1 rings (SSSR count). The van der Waals surface area contributed by atoms with Gasteiger partial charge in [0.2, 0.25) is 0 Å². The Morgan fingerprint density at radius 1 is 1.45 bits per heavy atom. The second-order valence-corrected chi connectivity index (χ2v) is 6.83. The SMILES string of the molecule is CS(=O)(=O)CCCNC(=O)c1ccc([N+](=O)[O-])c(Cl)c1. The lowest BCUT2D eigenvalue weighted by Crippen LogP contribution is -2.25. The number of nitrogens with zero attached hydrogens (tertiary/aromatic N) is 1. The molecule has 1 aromatic carbocycles. The highest BCUT2D eigenvalue weighted by atomic mass is 35.5. The van der Waals surface area contributed by atoms with Crippen LogP contribution in [0, 0.1) is 10.1 Å². The summed E-state index contributed by atoms with van der Waals surface area (Å²) in [7, 11) is -3.06. The quantitative estimate of drug-likeness (QED) is 0.484. The number of amides is 1. The van der Waals surface area contributed by atoms with Gasteiger partial charge in [-0.15, -0.1) is 0 Å². The standard InChI is InChI=1S/C11H13ClN2O5S/c1-20(18,19)6-2-5-13-11(15)8-3-4-10(14(16)17)9(12)7-8/h3-4,7H,2,5-6H2,1H3,(H,13,15). The van der Waals surface area contributed by atoms with Crippen molar-refractivity contribution < 1.29 is 18.1 Å². The summed E-state index contributed by atoms with van der Waals surface area (Å²) in [5.41, 5.74) is -0.0970. The predicted molar refractivity (Wildman–Crippen MR) is 74.8 cm³/mol. The van der Waals surface area contributed by atoms with Crippen molar-refractivity contribution >= 4 is 33.0 Å². The Bertz CT molecular complexity index is 630. The first-order valence-corrected chi connectivity index (χ1v) is 8.04. The fraction of sp³-hybridized carbons (Fsp3) is 0.364. The summed E-state index contributed by atoms with van der Waals surface area (Å²) in [4.78, 5) is 21.6. The average Bonchev–Trinajstić information content (AvgIpc) is 2.32. The number of benzene rings is 1. The summed E-state index contributed by atoms with van der Waals surface area (Å²) in [6.45, 7) is 0.195.